The summed E-state index contributed by atoms with van der Waals surface area (Å²) in [6.07, 6.45) is 2.75. The Morgan fingerprint density at radius 1 is 1.10 bits per heavy atom. The number of hydrogen-bond acceptors (Lipinski definition) is 4. The minimum Gasteiger partial charge on any atom is -0.372 e. The molecule has 0 radical (unpaired) electrons. The number of hydrogen-bond donors (Lipinski definition) is 0. The average Bonchev–Trinajstić information content (AvgIpc) is 2.40. The Kier molecular flexibility index (Phi) is 6.02. The molecular weight excluding hydrogens is 268 g/mol. The summed E-state index contributed by atoms with van der Waals surface area (Å²) in [6, 6.07) is 0.603. The first-order valence-corrected chi connectivity index (χ1v) is 8.24. The van der Waals surface area contributed by atoms with Crippen molar-refractivity contribution < 1.29 is 14.3 Å². The normalized spacial score (nSPS) is 22.1. The van der Waals surface area contributed by atoms with Crippen LogP contribution < -0.4 is 0 Å². The van der Waals surface area contributed by atoms with Gasteiger partial charge in [0.25, 0.3) is 0 Å². The van der Waals surface area contributed by atoms with Crippen LogP contribution in [-0.2, 0) is 14.3 Å². The first-order chi connectivity index (χ1) is 9.95. The van der Waals surface area contributed by atoms with Crippen LogP contribution in [-0.4, -0.2) is 72.8 Å². The van der Waals surface area contributed by atoms with E-state index in [1.165, 1.54) is 0 Å². The first kappa shape index (κ1) is 16.7. The molecule has 0 atom stereocenters. The van der Waals surface area contributed by atoms with Crippen LogP contribution in [0.3, 0.4) is 0 Å². The van der Waals surface area contributed by atoms with E-state index in [0.717, 1.165) is 25.9 Å². The first-order valence-electron chi connectivity index (χ1n) is 8.24. The number of piperidine rings is 1. The molecule has 0 aromatic heterocycles. The maximum absolute atomic E-state index is 12.0. The molecule has 2 fully saturated rings. The van der Waals surface area contributed by atoms with Crippen LogP contribution in [0, 0.1) is 0 Å². The molecule has 0 aliphatic carbocycles. The number of nitrogens with zero attached hydrogens (tertiary/aromatic N) is 2. The van der Waals surface area contributed by atoms with Crippen LogP contribution >= 0.6 is 0 Å². The van der Waals surface area contributed by atoms with Crippen molar-refractivity contribution in [1.29, 1.82) is 0 Å². The van der Waals surface area contributed by atoms with Gasteiger partial charge < -0.3 is 19.3 Å². The number of rotatable bonds is 6. The molecule has 1 amide bonds. The van der Waals surface area contributed by atoms with Gasteiger partial charge in [-0.2, -0.15) is 0 Å². The van der Waals surface area contributed by atoms with Gasteiger partial charge in [0.1, 0.15) is 6.61 Å². The lowest BCUT2D eigenvalue weighted by molar-refractivity contribution is -0.155. The molecule has 0 aromatic carbocycles. The second-order valence-electron chi connectivity index (χ2n) is 6.75. The Hall–Kier alpha value is -0.650. The predicted octanol–water partition coefficient (Wildman–Crippen LogP) is 1.51. The number of carbonyl (C=O) groups excluding carboxylic acids is 1. The van der Waals surface area contributed by atoms with Crippen LogP contribution in [0.1, 0.15) is 40.5 Å². The van der Waals surface area contributed by atoms with Crippen LogP contribution in [0.4, 0.5) is 0 Å². The average molecular weight is 298 g/mol. The molecule has 0 N–H and O–H groups in total. The summed E-state index contributed by atoms with van der Waals surface area (Å²) >= 11 is 0. The lowest BCUT2D eigenvalue weighted by Gasteiger charge is -2.40. The van der Waals surface area contributed by atoms with Crippen molar-refractivity contribution in [3.05, 3.63) is 0 Å². The lowest BCUT2D eigenvalue weighted by atomic mass is 10.1. The van der Waals surface area contributed by atoms with Gasteiger partial charge in [-0.05, 0) is 40.5 Å². The molecule has 0 unspecified atom stereocenters. The van der Waals surface area contributed by atoms with E-state index < -0.39 is 0 Å². The molecule has 2 heterocycles. The zero-order valence-corrected chi connectivity index (χ0v) is 13.9. The third-order valence-corrected chi connectivity index (χ3v) is 4.31. The molecule has 2 aliphatic rings. The summed E-state index contributed by atoms with van der Waals surface area (Å²) in [5, 5.41) is 0. The van der Waals surface area contributed by atoms with E-state index in [1.807, 2.05) is 18.7 Å². The van der Waals surface area contributed by atoms with Crippen molar-refractivity contribution in [3.63, 3.8) is 0 Å². The Bertz CT molecular complexity index is 332. The monoisotopic (exact) mass is 298 g/mol. The molecule has 122 valence electrons. The molecule has 2 saturated heterocycles. The van der Waals surface area contributed by atoms with E-state index in [1.54, 1.807) is 0 Å². The van der Waals surface area contributed by atoms with Crippen molar-refractivity contribution in [1.82, 2.24) is 9.80 Å². The topological polar surface area (TPSA) is 42.0 Å². The summed E-state index contributed by atoms with van der Waals surface area (Å²) in [5.41, 5.74) is 0. The summed E-state index contributed by atoms with van der Waals surface area (Å²) in [6.45, 7) is 12.3. The molecule has 0 spiro atoms. The molecule has 2 rings (SSSR count). The maximum atomic E-state index is 12.0. The number of amides is 1. The van der Waals surface area contributed by atoms with E-state index in [2.05, 4.69) is 18.7 Å². The molecule has 5 nitrogen and oxygen atoms in total. The highest BCUT2D eigenvalue weighted by Crippen LogP contribution is 2.17. The van der Waals surface area contributed by atoms with Gasteiger partial charge in [-0.15, -0.1) is 0 Å². The maximum Gasteiger partial charge on any atom is 0.248 e. The van der Waals surface area contributed by atoms with Crippen LogP contribution in [0.5, 0.6) is 0 Å². The molecule has 0 bridgehead atoms. The largest absolute Gasteiger partial charge is 0.372 e. The number of carbonyl (C=O) groups is 1. The highest BCUT2D eigenvalue weighted by Gasteiger charge is 2.32. The van der Waals surface area contributed by atoms with Crippen molar-refractivity contribution >= 4 is 5.91 Å². The van der Waals surface area contributed by atoms with E-state index in [9.17, 15) is 4.79 Å². The zero-order chi connectivity index (χ0) is 15.4. The minimum atomic E-state index is 0.102. The van der Waals surface area contributed by atoms with E-state index in [4.69, 9.17) is 9.47 Å². The Balaban J connectivity index is 1.58. The number of ether oxygens (including phenoxy) is 2. The number of likely N-dealkylation sites (tertiary alicyclic amines) is 2. The van der Waals surface area contributed by atoms with Gasteiger partial charge in [-0.1, -0.05) is 0 Å². The van der Waals surface area contributed by atoms with Crippen LogP contribution in [0.15, 0.2) is 0 Å². The molecular formula is C16H30N2O3. The van der Waals surface area contributed by atoms with Crippen LogP contribution in [0.2, 0.25) is 0 Å². The summed E-state index contributed by atoms with van der Waals surface area (Å²) in [7, 11) is 0. The van der Waals surface area contributed by atoms with Crippen molar-refractivity contribution in [2.24, 2.45) is 0 Å². The van der Waals surface area contributed by atoms with Crippen LogP contribution in [0.25, 0.3) is 0 Å². The van der Waals surface area contributed by atoms with Gasteiger partial charge in [0.15, 0.2) is 0 Å². The third kappa shape index (κ3) is 4.94. The quantitative estimate of drug-likeness (QED) is 0.745. The fourth-order valence-corrected chi connectivity index (χ4v) is 2.95. The van der Waals surface area contributed by atoms with Crippen molar-refractivity contribution in [2.75, 3.05) is 32.8 Å². The highest BCUT2D eigenvalue weighted by molar-refractivity contribution is 5.78. The van der Waals surface area contributed by atoms with E-state index in [0.29, 0.717) is 19.1 Å². The van der Waals surface area contributed by atoms with Gasteiger partial charge in [0.2, 0.25) is 5.91 Å². The Morgan fingerprint density at radius 3 is 2.24 bits per heavy atom. The fraction of sp³-hybridized carbons (Fsp3) is 0.938. The van der Waals surface area contributed by atoms with E-state index in [-0.39, 0.29) is 30.8 Å². The molecule has 0 aromatic rings. The van der Waals surface area contributed by atoms with Crippen molar-refractivity contribution in [3.8, 4) is 0 Å². The highest BCUT2D eigenvalue weighted by atomic mass is 16.5. The standard InChI is InChI=1S/C16H30N2O3/c1-12(2)17-7-5-14(6-8-17)20-11-16(19)18-9-15(10-18)21-13(3)4/h12-15H,5-11H2,1-4H3. The smallest absolute Gasteiger partial charge is 0.248 e. The lowest BCUT2D eigenvalue weighted by Crippen LogP contribution is -2.56. The third-order valence-electron chi connectivity index (χ3n) is 4.31. The SMILES string of the molecule is CC(C)OC1CN(C(=O)COC2CCN(C(C)C)CC2)C1. The molecule has 0 saturated carbocycles. The van der Waals surface area contributed by atoms with Gasteiger partial charge in [0.05, 0.1) is 18.3 Å². The fourth-order valence-electron chi connectivity index (χ4n) is 2.95. The Labute approximate surface area is 128 Å². The van der Waals surface area contributed by atoms with Crippen molar-refractivity contribution in [2.45, 2.75) is 64.9 Å². The van der Waals surface area contributed by atoms with E-state index >= 15 is 0 Å². The second kappa shape index (κ2) is 7.56. The zero-order valence-electron chi connectivity index (χ0n) is 13.9. The van der Waals surface area contributed by atoms with Gasteiger partial charge in [-0.25, -0.2) is 0 Å². The summed E-state index contributed by atoms with van der Waals surface area (Å²) in [5.74, 6) is 0.102. The van der Waals surface area contributed by atoms with Gasteiger partial charge >= 0.3 is 0 Å². The molecule has 21 heavy (non-hydrogen) atoms. The van der Waals surface area contributed by atoms with Gasteiger partial charge in [-0.3, -0.25) is 4.79 Å². The molecule has 2 aliphatic heterocycles. The second-order valence-corrected chi connectivity index (χ2v) is 6.75. The Morgan fingerprint density at radius 2 is 1.71 bits per heavy atom. The minimum absolute atomic E-state index is 0.102. The summed E-state index contributed by atoms with van der Waals surface area (Å²) < 4.78 is 11.4. The predicted molar refractivity (Wildman–Crippen MR) is 82.3 cm³/mol. The summed E-state index contributed by atoms with van der Waals surface area (Å²) in [4.78, 5) is 16.3. The molecule has 5 heteroatoms. The van der Waals surface area contributed by atoms with Gasteiger partial charge in [0, 0.05) is 32.2 Å².